The predicted octanol–water partition coefficient (Wildman–Crippen LogP) is 3.57. The van der Waals surface area contributed by atoms with Gasteiger partial charge in [-0.3, -0.25) is 0 Å². The van der Waals surface area contributed by atoms with Crippen LogP contribution in [0.4, 0.5) is 0 Å². The van der Waals surface area contributed by atoms with Gasteiger partial charge in [0.05, 0.1) is 18.0 Å². The molecule has 98 valence electrons. The van der Waals surface area contributed by atoms with E-state index in [4.69, 9.17) is 16.3 Å². The van der Waals surface area contributed by atoms with Gasteiger partial charge in [0.15, 0.2) is 0 Å². The van der Waals surface area contributed by atoms with Crippen molar-refractivity contribution in [2.45, 2.75) is 13.5 Å². The monoisotopic (exact) mass is 293 g/mol. The number of methoxy groups -OCH3 is 1. The van der Waals surface area contributed by atoms with Gasteiger partial charge in [0.25, 0.3) is 0 Å². The Morgan fingerprint density at radius 2 is 2.05 bits per heavy atom. The zero-order valence-corrected chi connectivity index (χ0v) is 12.1. The fourth-order valence-corrected chi connectivity index (χ4v) is 2.99. The normalized spacial score (nSPS) is 11.3. The minimum absolute atomic E-state index is 0.518. The van der Waals surface area contributed by atoms with Crippen LogP contribution >= 0.6 is 22.9 Å². The number of rotatable bonds is 3. The van der Waals surface area contributed by atoms with Crippen molar-refractivity contribution in [3.63, 3.8) is 0 Å². The molecule has 0 aliphatic carbocycles. The Hall–Kier alpha value is -1.43. The van der Waals surface area contributed by atoms with Gasteiger partial charge in [0.1, 0.15) is 5.01 Å². The Balaban J connectivity index is 2.07. The average molecular weight is 294 g/mol. The summed E-state index contributed by atoms with van der Waals surface area (Å²) in [5, 5.41) is 6.14. The van der Waals surface area contributed by atoms with Crippen LogP contribution in [0.3, 0.4) is 0 Å². The Bertz CT molecular complexity index is 717. The standard InChI is InChI=1S/C13H12ClN3OS/c1-8-12(9-3-5-10(14)6-4-9)15-13-17(8)16-11(19-13)7-18-2/h3-6H,7H2,1-2H3. The van der Waals surface area contributed by atoms with E-state index in [0.29, 0.717) is 6.61 Å². The van der Waals surface area contributed by atoms with Crippen molar-refractivity contribution in [2.75, 3.05) is 7.11 Å². The van der Waals surface area contributed by atoms with Gasteiger partial charge in [-0.1, -0.05) is 35.1 Å². The number of hydrogen-bond donors (Lipinski definition) is 0. The third-order valence-electron chi connectivity index (χ3n) is 2.86. The number of imidazole rings is 1. The molecule has 4 nitrogen and oxygen atoms in total. The summed E-state index contributed by atoms with van der Waals surface area (Å²) < 4.78 is 6.95. The predicted molar refractivity (Wildman–Crippen MR) is 76.8 cm³/mol. The molecule has 2 aromatic heterocycles. The van der Waals surface area contributed by atoms with Crippen LogP contribution in [0.1, 0.15) is 10.7 Å². The fraction of sp³-hybridized carbons (Fsp3) is 0.231. The highest BCUT2D eigenvalue weighted by molar-refractivity contribution is 7.16. The van der Waals surface area contributed by atoms with E-state index in [1.165, 1.54) is 0 Å². The molecule has 0 aliphatic rings. The first-order valence-corrected chi connectivity index (χ1v) is 6.98. The second kappa shape index (κ2) is 4.92. The number of benzene rings is 1. The van der Waals surface area contributed by atoms with E-state index >= 15 is 0 Å². The maximum Gasteiger partial charge on any atom is 0.213 e. The number of aryl methyl sites for hydroxylation is 1. The van der Waals surface area contributed by atoms with Crippen molar-refractivity contribution in [1.29, 1.82) is 0 Å². The Kier molecular flexibility index (Phi) is 3.26. The summed E-state index contributed by atoms with van der Waals surface area (Å²) >= 11 is 7.45. The fourth-order valence-electron chi connectivity index (χ4n) is 1.95. The van der Waals surface area contributed by atoms with Gasteiger partial charge in [-0.2, -0.15) is 5.10 Å². The summed E-state index contributed by atoms with van der Waals surface area (Å²) in [5.41, 5.74) is 3.02. The number of fused-ring (bicyclic) bond motifs is 1. The molecule has 0 aliphatic heterocycles. The van der Waals surface area contributed by atoms with E-state index in [0.717, 1.165) is 31.9 Å². The summed E-state index contributed by atoms with van der Waals surface area (Å²) in [7, 11) is 1.66. The maximum atomic E-state index is 5.90. The van der Waals surface area contributed by atoms with E-state index < -0.39 is 0 Å². The molecule has 2 heterocycles. The van der Waals surface area contributed by atoms with Crippen molar-refractivity contribution in [3.8, 4) is 11.3 Å². The Labute approximate surface area is 119 Å². The van der Waals surface area contributed by atoms with Gasteiger partial charge in [-0.15, -0.1) is 0 Å². The molecule has 0 bridgehead atoms. The van der Waals surface area contributed by atoms with E-state index in [1.807, 2.05) is 35.7 Å². The minimum atomic E-state index is 0.518. The lowest BCUT2D eigenvalue weighted by molar-refractivity contribution is 0.183. The number of nitrogens with zero attached hydrogens (tertiary/aromatic N) is 3. The molecule has 0 saturated heterocycles. The van der Waals surface area contributed by atoms with Crippen LogP contribution in [-0.2, 0) is 11.3 Å². The van der Waals surface area contributed by atoms with Crippen LogP contribution in [0.5, 0.6) is 0 Å². The molecular formula is C13H12ClN3OS. The van der Waals surface area contributed by atoms with Crippen LogP contribution in [0, 0.1) is 6.92 Å². The molecule has 0 saturated carbocycles. The van der Waals surface area contributed by atoms with Crippen LogP contribution in [-0.4, -0.2) is 21.7 Å². The SMILES string of the molecule is COCc1nn2c(C)c(-c3ccc(Cl)cc3)nc2s1. The van der Waals surface area contributed by atoms with Gasteiger partial charge < -0.3 is 4.74 Å². The lowest BCUT2D eigenvalue weighted by Crippen LogP contribution is -1.92. The average Bonchev–Trinajstić information content (AvgIpc) is 2.91. The molecule has 19 heavy (non-hydrogen) atoms. The zero-order chi connectivity index (χ0) is 13.4. The largest absolute Gasteiger partial charge is 0.377 e. The maximum absolute atomic E-state index is 5.90. The van der Waals surface area contributed by atoms with Crippen LogP contribution < -0.4 is 0 Å². The first kappa shape index (κ1) is 12.6. The lowest BCUT2D eigenvalue weighted by Gasteiger charge is -1.99. The molecule has 0 unspecified atom stereocenters. The highest BCUT2D eigenvalue weighted by Crippen LogP contribution is 2.27. The summed E-state index contributed by atoms with van der Waals surface area (Å²) in [6.07, 6.45) is 0. The summed E-state index contributed by atoms with van der Waals surface area (Å²) in [6.45, 7) is 2.53. The first-order valence-electron chi connectivity index (χ1n) is 5.79. The highest BCUT2D eigenvalue weighted by Gasteiger charge is 2.14. The van der Waals surface area contributed by atoms with Gasteiger partial charge in [-0.25, -0.2) is 9.50 Å². The van der Waals surface area contributed by atoms with Crippen molar-refractivity contribution in [2.24, 2.45) is 0 Å². The molecule has 1 aromatic carbocycles. The highest BCUT2D eigenvalue weighted by atomic mass is 35.5. The smallest absolute Gasteiger partial charge is 0.213 e. The topological polar surface area (TPSA) is 39.4 Å². The molecule has 0 fully saturated rings. The van der Waals surface area contributed by atoms with Crippen LogP contribution in [0.15, 0.2) is 24.3 Å². The van der Waals surface area contributed by atoms with Crippen LogP contribution in [0.2, 0.25) is 5.02 Å². The Morgan fingerprint density at radius 1 is 1.32 bits per heavy atom. The van der Waals surface area contributed by atoms with E-state index in [2.05, 4.69) is 10.1 Å². The molecule has 0 atom stereocenters. The number of ether oxygens (including phenoxy) is 1. The molecule has 0 spiro atoms. The number of aromatic nitrogens is 3. The second-order valence-corrected chi connectivity index (χ2v) is 5.65. The lowest BCUT2D eigenvalue weighted by atomic mass is 10.1. The van der Waals surface area contributed by atoms with Crippen LogP contribution in [0.25, 0.3) is 16.2 Å². The third kappa shape index (κ3) is 2.25. The Morgan fingerprint density at radius 3 is 2.68 bits per heavy atom. The molecule has 3 aromatic rings. The molecule has 0 radical (unpaired) electrons. The van der Waals surface area contributed by atoms with Gasteiger partial charge in [0.2, 0.25) is 4.96 Å². The zero-order valence-electron chi connectivity index (χ0n) is 10.6. The van der Waals surface area contributed by atoms with Crippen molar-refractivity contribution >= 4 is 27.9 Å². The van der Waals surface area contributed by atoms with Gasteiger partial charge in [-0.05, 0) is 19.1 Å². The third-order valence-corrected chi connectivity index (χ3v) is 3.99. The summed E-state index contributed by atoms with van der Waals surface area (Å²) in [4.78, 5) is 5.52. The number of halogens is 1. The van der Waals surface area contributed by atoms with Gasteiger partial charge in [0, 0.05) is 17.7 Å². The van der Waals surface area contributed by atoms with E-state index in [1.54, 1.807) is 18.4 Å². The summed E-state index contributed by atoms with van der Waals surface area (Å²) in [5.74, 6) is 0. The molecule has 0 N–H and O–H groups in total. The quantitative estimate of drug-likeness (QED) is 0.741. The molecule has 3 rings (SSSR count). The summed E-state index contributed by atoms with van der Waals surface area (Å²) in [6, 6.07) is 7.68. The van der Waals surface area contributed by atoms with Crippen molar-refractivity contribution < 1.29 is 4.74 Å². The van der Waals surface area contributed by atoms with Crippen molar-refractivity contribution in [3.05, 3.63) is 40.0 Å². The molecule has 0 amide bonds. The number of hydrogen-bond acceptors (Lipinski definition) is 4. The second-order valence-electron chi connectivity index (χ2n) is 4.18. The van der Waals surface area contributed by atoms with E-state index in [9.17, 15) is 0 Å². The van der Waals surface area contributed by atoms with E-state index in [-0.39, 0.29) is 0 Å². The van der Waals surface area contributed by atoms with Gasteiger partial charge >= 0.3 is 0 Å². The molecule has 6 heteroatoms. The van der Waals surface area contributed by atoms with Crippen molar-refractivity contribution in [1.82, 2.24) is 14.6 Å². The first-order chi connectivity index (χ1) is 9.19. The minimum Gasteiger partial charge on any atom is -0.377 e. The molecular weight excluding hydrogens is 282 g/mol.